The van der Waals surface area contributed by atoms with E-state index in [0.29, 0.717) is 0 Å². The second-order valence-electron chi connectivity index (χ2n) is 7.89. The molecule has 0 bridgehead atoms. The van der Waals surface area contributed by atoms with Gasteiger partial charge in [-0.15, -0.1) is 0 Å². The van der Waals surface area contributed by atoms with E-state index in [-0.39, 0.29) is 11.4 Å². The first-order chi connectivity index (χ1) is 13.7. The van der Waals surface area contributed by atoms with Crippen molar-refractivity contribution in [3.05, 3.63) is 57.5 Å². The Bertz CT molecular complexity index is 1020. The molecule has 0 spiro atoms. The van der Waals surface area contributed by atoms with Crippen LogP contribution in [0.5, 0.6) is 0 Å². The number of aryl methyl sites for hydroxylation is 1. The number of halogens is 3. The number of carbonyl (C=O) groups is 2. The van der Waals surface area contributed by atoms with Crippen molar-refractivity contribution in [2.75, 3.05) is 0 Å². The van der Waals surface area contributed by atoms with E-state index in [1.54, 1.807) is 20.8 Å². The smallest absolute Gasteiger partial charge is 0.350 e. The number of hydrogen-bond acceptors (Lipinski definition) is 4. The monoisotopic (exact) mass is 424 g/mol. The molecule has 2 N–H and O–H groups in total. The summed E-state index contributed by atoms with van der Waals surface area (Å²) >= 11 is 0. The lowest BCUT2D eigenvalue weighted by Gasteiger charge is -2.23. The Labute approximate surface area is 171 Å². The molecular formula is C20H23F3N4O3. The molecule has 0 aliphatic rings. The van der Waals surface area contributed by atoms with Crippen molar-refractivity contribution in [1.82, 2.24) is 20.4 Å². The van der Waals surface area contributed by atoms with Gasteiger partial charge in [0.15, 0.2) is 5.69 Å². The first kappa shape index (κ1) is 23.1. The quantitative estimate of drug-likeness (QED) is 0.789. The Morgan fingerprint density at radius 3 is 2.33 bits per heavy atom. The lowest BCUT2D eigenvalue weighted by atomic mass is 10.1. The molecule has 0 saturated heterocycles. The van der Waals surface area contributed by atoms with Gasteiger partial charge in [-0.05, 0) is 52.8 Å². The molecule has 2 rings (SSSR count). The van der Waals surface area contributed by atoms with Crippen molar-refractivity contribution < 1.29 is 22.8 Å². The van der Waals surface area contributed by atoms with Gasteiger partial charge in [-0.1, -0.05) is 6.07 Å². The first-order valence-electron chi connectivity index (χ1n) is 9.10. The van der Waals surface area contributed by atoms with Gasteiger partial charge in [0.1, 0.15) is 6.04 Å². The van der Waals surface area contributed by atoms with Gasteiger partial charge in [0.2, 0.25) is 11.3 Å². The predicted octanol–water partition coefficient (Wildman–Crippen LogP) is 2.59. The number of hydrogen-bond donors (Lipinski definition) is 2. The molecule has 0 fully saturated rings. The van der Waals surface area contributed by atoms with Crippen molar-refractivity contribution in [1.29, 1.82) is 0 Å². The van der Waals surface area contributed by atoms with Gasteiger partial charge in [-0.2, -0.15) is 18.3 Å². The summed E-state index contributed by atoms with van der Waals surface area (Å²) in [6.07, 6.45) is -4.56. The molecule has 0 aliphatic heterocycles. The summed E-state index contributed by atoms with van der Waals surface area (Å²) in [5.41, 5.74) is -2.37. The maximum absolute atomic E-state index is 13.0. The van der Waals surface area contributed by atoms with Crippen LogP contribution in [0.25, 0.3) is 5.69 Å². The van der Waals surface area contributed by atoms with E-state index in [0.717, 1.165) is 22.9 Å². The summed E-state index contributed by atoms with van der Waals surface area (Å²) in [6.45, 7) is 8.24. The lowest BCUT2D eigenvalue weighted by Crippen LogP contribution is -2.51. The summed E-state index contributed by atoms with van der Waals surface area (Å²) in [6, 6.07) is 4.50. The molecular weight excluding hydrogens is 401 g/mol. The van der Waals surface area contributed by atoms with Crippen LogP contribution < -0.4 is 16.1 Å². The highest BCUT2D eigenvalue weighted by Crippen LogP contribution is 2.30. The van der Waals surface area contributed by atoms with E-state index in [1.807, 2.05) is 0 Å². The van der Waals surface area contributed by atoms with Gasteiger partial charge in [-0.25, -0.2) is 4.68 Å². The largest absolute Gasteiger partial charge is 0.416 e. The fourth-order valence-corrected chi connectivity index (χ4v) is 2.59. The van der Waals surface area contributed by atoms with Gasteiger partial charge in [-0.3, -0.25) is 14.4 Å². The minimum absolute atomic E-state index is 0.0369. The van der Waals surface area contributed by atoms with E-state index in [2.05, 4.69) is 15.7 Å². The Kier molecular flexibility index (Phi) is 6.39. The first-order valence-corrected chi connectivity index (χ1v) is 9.10. The summed E-state index contributed by atoms with van der Waals surface area (Å²) in [5.74, 6) is -1.36. The molecule has 2 amide bonds. The highest BCUT2D eigenvalue weighted by atomic mass is 19.4. The topological polar surface area (TPSA) is 93.1 Å². The van der Waals surface area contributed by atoms with Crippen LogP contribution >= 0.6 is 0 Å². The van der Waals surface area contributed by atoms with Gasteiger partial charge >= 0.3 is 6.18 Å². The fraction of sp³-hybridized carbons (Fsp3) is 0.400. The normalized spacial score (nSPS) is 12.9. The van der Waals surface area contributed by atoms with E-state index >= 15 is 0 Å². The van der Waals surface area contributed by atoms with Crippen LogP contribution in [-0.2, 0) is 11.0 Å². The number of nitrogens with one attached hydrogen (secondary N) is 2. The number of nitrogens with zero attached hydrogens (tertiary/aromatic N) is 2. The molecule has 1 aromatic carbocycles. The van der Waals surface area contributed by atoms with Crippen molar-refractivity contribution in [2.24, 2.45) is 0 Å². The molecule has 1 aromatic heterocycles. The van der Waals surface area contributed by atoms with Crippen LogP contribution in [0.1, 0.15) is 49.4 Å². The second-order valence-corrected chi connectivity index (χ2v) is 7.89. The number of alkyl halides is 3. The van der Waals surface area contributed by atoms with Crippen LogP contribution in [0.3, 0.4) is 0 Å². The van der Waals surface area contributed by atoms with Gasteiger partial charge in [0.25, 0.3) is 5.91 Å². The van der Waals surface area contributed by atoms with Gasteiger partial charge in [0, 0.05) is 17.3 Å². The molecule has 0 saturated carbocycles. The number of benzene rings is 1. The third-order valence-corrected chi connectivity index (χ3v) is 3.98. The van der Waals surface area contributed by atoms with Crippen molar-refractivity contribution >= 4 is 11.8 Å². The Morgan fingerprint density at radius 1 is 1.13 bits per heavy atom. The molecule has 1 heterocycles. The number of aromatic nitrogens is 2. The summed E-state index contributed by atoms with van der Waals surface area (Å²) in [4.78, 5) is 36.9. The van der Waals surface area contributed by atoms with Crippen molar-refractivity contribution in [3.8, 4) is 5.69 Å². The Balaban J connectivity index is 2.37. The fourth-order valence-electron chi connectivity index (χ4n) is 2.59. The van der Waals surface area contributed by atoms with E-state index in [1.165, 1.54) is 26.0 Å². The van der Waals surface area contributed by atoms with Crippen LogP contribution in [0.4, 0.5) is 13.2 Å². The zero-order chi connectivity index (χ0) is 22.9. The molecule has 10 heteroatoms. The SMILES string of the molecule is Cc1cc(=O)c(C(=O)NC(C)C(=O)NC(C)(C)C)nn1-c1cccc(C(F)(F)F)c1. The summed E-state index contributed by atoms with van der Waals surface area (Å²) in [7, 11) is 0. The molecule has 162 valence electrons. The highest BCUT2D eigenvalue weighted by Gasteiger charge is 2.31. The lowest BCUT2D eigenvalue weighted by molar-refractivity contribution is -0.137. The number of carbonyl (C=O) groups excluding carboxylic acids is 2. The molecule has 1 atom stereocenters. The average Bonchev–Trinajstić information content (AvgIpc) is 2.59. The van der Waals surface area contributed by atoms with Crippen molar-refractivity contribution in [3.63, 3.8) is 0 Å². The van der Waals surface area contributed by atoms with Gasteiger partial charge in [0.05, 0.1) is 11.3 Å². The second kappa shape index (κ2) is 8.29. The van der Waals surface area contributed by atoms with E-state index < -0.39 is 46.3 Å². The van der Waals surface area contributed by atoms with Crippen LogP contribution in [0.15, 0.2) is 35.1 Å². The molecule has 30 heavy (non-hydrogen) atoms. The zero-order valence-corrected chi connectivity index (χ0v) is 17.2. The van der Waals surface area contributed by atoms with Crippen LogP contribution in [-0.4, -0.2) is 33.2 Å². The highest BCUT2D eigenvalue weighted by molar-refractivity contribution is 5.95. The van der Waals surface area contributed by atoms with Crippen LogP contribution in [0.2, 0.25) is 0 Å². The molecule has 2 aromatic rings. The Morgan fingerprint density at radius 2 is 1.77 bits per heavy atom. The maximum atomic E-state index is 13.0. The molecule has 1 unspecified atom stereocenters. The van der Waals surface area contributed by atoms with Crippen molar-refractivity contribution in [2.45, 2.75) is 52.4 Å². The standard InChI is InChI=1S/C20H23F3N4O3/c1-11-9-15(28)16(18(30)24-12(2)17(29)25-19(3,4)5)26-27(11)14-8-6-7-13(10-14)20(21,22)23/h6-10,12H,1-5H3,(H,24,30)(H,25,29). The van der Waals surface area contributed by atoms with E-state index in [9.17, 15) is 27.6 Å². The minimum Gasteiger partial charge on any atom is -0.350 e. The minimum atomic E-state index is -4.56. The summed E-state index contributed by atoms with van der Waals surface area (Å²) < 4.78 is 40.1. The number of rotatable bonds is 4. The third-order valence-electron chi connectivity index (χ3n) is 3.98. The predicted molar refractivity (Wildman–Crippen MR) is 104 cm³/mol. The third kappa shape index (κ3) is 5.68. The number of amides is 2. The molecule has 0 aliphatic carbocycles. The molecule has 0 radical (unpaired) electrons. The maximum Gasteiger partial charge on any atom is 0.416 e. The molecule has 7 nitrogen and oxygen atoms in total. The Hall–Kier alpha value is -3.17. The van der Waals surface area contributed by atoms with Gasteiger partial charge < -0.3 is 10.6 Å². The average molecular weight is 424 g/mol. The van der Waals surface area contributed by atoms with E-state index in [4.69, 9.17) is 0 Å². The summed E-state index contributed by atoms with van der Waals surface area (Å²) in [5, 5.41) is 9.02. The van der Waals surface area contributed by atoms with Crippen LogP contribution in [0, 0.1) is 6.92 Å². The zero-order valence-electron chi connectivity index (χ0n) is 17.2.